The van der Waals surface area contributed by atoms with Gasteiger partial charge in [-0.15, -0.1) is 0 Å². The molecule has 9 nitrogen and oxygen atoms in total. The Bertz CT molecular complexity index is 1530. The summed E-state index contributed by atoms with van der Waals surface area (Å²) in [7, 11) is 3.15. The smallest absolute Gasteiger partial charge is 0.407 e. The molecule has 0 heterocycles. The molecule has 44 heavy (non-hydrogen) atoms. The fourth-order valence-corrected chi connectivity index (χ4v) is 5.50. The first kappa shape index (κ1) is 30.2. The molecule has 1 atom stereocenters. The molecule has 4 aromatic carbocycles. The van der Waals surface area contributed by atoms with Gasteiger partial charge < -0.3 is 30.0 Å². The van der Waals surface area contributed by atoms with E-state index in [9.17, 15) is 19.5 Å². The molecule has 0 radical (unpaired) electrons. The Morgan fingerprint density at radius 3 is 1.70 bits per heavy atom. The summed E-state index contributed by atoms with van der Waals surface area (Å²) >= 11 is 0. The van der Waals surface area contributed by atoms with Crippen LogP contribution in [0, 0.1) is 0 Å². The largest absolute Gasteiger partial charge is 0.497 e. The summed E-state index contributed by atoms with van der Waals surface area (Å²) in [6.07, 6.45) is -1.11. The number of carboxylic acid groups (broad SMARTS) is 1. The maximum absolute atomic E-state index is 13.1. The number of hydrogen-bond acceptors (Lipinski definition) is 6. The fraction of sp³-hybridized carbons (Fsp3) is 0.229. The number of carbonyl (C=O) groups is 3. The van der Waals surface area contributed by atoms with Crippen LogP contribution >= 0.6 is 0 Å². The third-order valence-corrected chi connectivity index (χ3v) is 7.80. The van der Waals surface area contributed by atoms with Crippen LogP contribution in [0.1, 0.15) is 47.1 Å². The van der Waals surface area contributed by atoms with Gasteiger partial charge in [-0.05, 0) is 64.1 Å². The number of hydrogen-bond donors (Lipinski definition) is 3. The SMILES string of the molecule is COc1ccc(C(NC(=O)CCC(NC(=O)OCC2c3ccccc3-c3ccccc32)C(=O)O)c2ccc(OC)cc2)cc1. The van der Waals surface area contributed by atoms with Gasteiger partial charge in [0.05, 0.1) is 20.3 Å². The molecule has 226 valence electrons. The number of carboxylic acids is 1. The molecule has 1 aliphatic rings. The first-order valence-electron chi connectivity index (χ1n) is 14.3. The highest BCUT2D eigenvalue weighted by atomic mass is 16.5. The van der Waals surface area contributed by atoms with E-state index >= 15 is 0 Å². The van der Waals surface area contributed by atoms with Crippen molar-refractivity contribution in [3.63, 3.8) is 0 Å². The van der Waals surface area contributed by atoms with Crippen LogP contribution in [-0.4, -0.2) is 49.9 Å². The Kier molecular flexibility index (Phi) is 9.44. The summed E-state index contributed by atoms with van der Waals surface area (Å²) in [5.41, 5.74) is 5.92. The molecule has 5 rings (SSSR count). The van der Waals surface area contributed by atoms with Crippen molar-refractivity contribution in [2.75, 3.05) is 20.8 Å². The molecule has 0 aliphatic heterocycles. The van der Waals surface area contributed by atoms with Gasteiger partial charge in [-0.25, -0.2) is 9.59 Å². The van der Waals surface area contributed by atoms with Crippen molar-refractivity contribution in [3.8, 4) is 22.6 Å². The lowest BCUT2D eigenvalue weighted by atomic mass is 9.98. The van der Waals surface area contributed by atoms with Crippen molar-refractivity contribution >= 4 is 18.0 Å². The highest BCUT2D eigenvalue weighted by Crippen LogP contribution is 2.44. The molecule has 0 bridgehead atoms. The number of alkyl carbamates (subject to hydrolysis) is 1. The van der Waals surface area contributed by atoms with Gasteiger partial charge >= 0.3 is 12.1 Å². The minimum atomic E-state index is -1.31. The summed E-state index contributed by atoms with van der Waals surface area (Å²) in [5.74, 6) is -0.431. The van der Waals surface area contributed by atoms with E-state index < -0.39 is 24.1 Å². The van der Waals surface area contributed by atoms with Crippen LogP contribution in [0.25, 0.3) is 11.1 Å². The van der Waals surface area contributed by atoms with Gasteiger partial charge in [0, 0.05) is 12.3 Å². The van der Waals surface area contributed by atoms with Crippen LogP contribution in [0.4, 0.5) is 4.79 Å². The van der Waals surface area contributed by atoms with Crippen LogP contribution in [0.15, 0.2) is 97.1 Å². The van der Waals surface area contributed by atoms with E-state index in [0.717, 1.165) is 33.4 Å². The monoisotopic (exact) mass is 594 g/mol. The molecule has 4 aromatic rings. The van der Waals surface area contributed by atoms with E-state index in [4.69, 9.17) is 14.2 Å². The van der Waals surface area contributed by atoms with Crippen molar-refractivity contribution in [3.05, 3.63) is 119 Å². The molecule has 3 N–H and O–H groups in total. The normalized spacial score (nSPS) is 12.5. The number of rotatable bonds is 12. The van der Waals surface area contributed by atoms with Crippen LogP contribution in [0.5, 0.6) is 11.5 Å². The quantitative estimate of drug-likeness (QED) is 0.193. The molecule has 1 unspecified atom stereocenters. The summed E-state index contributed by atoms with van der Waals surface area (Å²) in [6, 6.07) is 28.7. The fourth-order valence-electron chi connectivity index (χ4n) is 5.50. The van der Waals surface area contributed by atoms with Gasteiger partial charge in [-0.1, -0.05) is 72.8 Å². The number of carbonyl (C=O) groups excluding carboxylic acids is 2. The average Bonchev–Trinajstić information content (AvgIpc) is 3.38. The average molecular weight is 595 g/mol. The predicted octanol–water partition coefficient (Wildman–Crippen LogP) is 5.68. The topological polar surface area (TPSA) is 123 Å². The highest BCUT2D eigenvalue weighted by molar-refractivity contribution is 5.82. The van der Waals surface area contributed by atoms with E-state index in [1.54, 1.807) is 38.5 Å². The van der Waals surface area contributed by atoms with Crippen molar-refractivity contribution in [1.82, 2.24) is 10.6 Å². The first-order chi connectivity index (χ1) is 21.4. The van der Waals surface area contributed by atoms with Gasteiger partial charge in [0.15, 0.2) is 0 Å². The minimum absolute atomic E-state index is 0.0537. The lowest BCUT2D eigenvalue weighted by molar-refractivity contribution is -0.139. The van der Waals surface area contributed by atoms with Crippen LogP contribution in [-0.2, 0) is 14.3 Å². The zero-order chi connectivity index (χ0) is 31.1. The van der Waals surface area contributed by atoms with Crippen molar-refractivity contribution in [2.24, 2.45) is 0 Å². The second-order valence-corrected chi connectivity index (χ2v) is 10.4. The Balaban J connectivity index is 1.20. The van der Waals surface area contributed by atoms with Crippen molar-refractivity contribution in [2.45, 2.75) is 30.8 Å². The van der Waals surface area contributed by atoms with Crippen LogP contribution < -0.4 is 20.1 Å². The first-order valence-corrected chi connectivity index (χ1v) is 14.3. The molecule has 0 aromatic heterocycles. The zero-order valence-corrected chi connectivity index (χ0v) is 24.5. The molecular formula is C35H34N2O7. The van der Waals surface area contributed by atoms with Gasteiger partial charge in [0.25, 0.3) is 0 Å². The summed E-state index contributed by atoms with van der Waals surface area (Å²) in [5, 5.41) is 15.2. The molecule has 0 saturated carbocycles. The van der Waals surface area contributed by atoms with Crippen LogP contribution in [0.3, 0.4) is 0 Å². The second kappa shape index (κ2) is 13.8. The van der Waals surface area contributed by atoms with E-state index in [1.807, 2.05) is 72.8 Å². The van der Waals surface area contributed by atoms with Crippen molar-refractivity contribution in [1.29, 1.82) is 0 Å². The lowest BCUT2D eigenvalue weighted by Gasteiger charge is -2.21. The molecular weight excluding hydrogens is 560 g/mol. The zero-order valence-electron chi connectivity index (χ0n) is 24.5. The Morgan fingerprint density at radius 2 is 1.23 bits per heavy atom. The van der Waals surface area contributed by atoms with Gasteiger partial charge in [0.2, 0.25) is 5.91 Å². The van der Waals surface area contributed by atoms with E-state index in [0.29, 0.717) is 11.5 Å². The molecule has 0 fully saturated rings. The van der Waals surface area contributed by atoms with Crippen molar-refractivity contribution < 1.29 is 33.7 Å². The highest BCUT2D eigenvalue weighted by Gasteiger charge is 2.30. The maximum atomic E-state index is 13.1. The molecule has 1 aliphatic carbocycles. The molecule has 0 saturated heterocycles. The summed E-state index contributed by atoms with van der Waals surface area (Å²) < 4.78 is 16.0. The Labute approximate surface area is 255 Å². The molecule has 9 heteroatoms. The van der Waals surface area contributed by atoms with Crippen LogP contribution in [0.2, 0.25) is 0 Å². The number of methoxy groups -OCH3 is 2. The lowest BCUT2D eigenvalue weighted by Crippen LogP contribution is -2.42. The van der Waals surface area contributed by atoms with Gasteiger partial charge in [0.1, 0.15) is 24.1 Å². The predicted molar refractivity (Wildman–Crippen MR) is 165 cm³/mol. The Morgan fingerprint density at radius 1 is 0.727 bits per heavy atom. The number of fused-ring (bicyclic) bond motifs is 3. The van der Waals surface area contributed by atoms with E-state index in [-0.39, 0.29) is 31.3 Å². The number of amides is 2. The van der Waals surface area contributed by atoms with E-state index in [1.165, 1.54) is 0 Å². The second-order valence-electron chi connectivity index (χ2n) is 10.4. The standard InChI is InChI=1S/C35H34N2O7/c1-42-24-15-11-22(12-16-24)33(23-13-17-25(43-2)18-14-23)37-32(38)20-19-31(34(39)40)36-35(41)44-21-30-28-9-5-3-7-26(28)27-8-4-6-10-29(27)30/h3-18,30-31,33H,19-21H2,1-2H3,(H,36,41)(H,37,38)(H,39,40). The molecule has 0 spiro atoms. The van der Waals surface area contributed by atoms with Gasteiger partial charge in [-0.3, -0.25) is 4.79 Å². The number of aliphatic carboxylic acids is 1. The van der Waals surface area contributed by atoms with E-state index in [2.05, 4.69) is 10.6 Å². The summed E-state index contributed by atoms with van der Waals surface area (Å²) in [4.78, 5) is 37.8. The number of ether oxygens (including phenoxy) is 3. The third kappa shape index (κ3) is 6.83. The number of nitrogens with one attached hydrogen (secondary N) is 2. The third-order valence-electron chi connectivity index (χ3n) is 7.80. The minimum Gasteiger partial charge on any atom is -0.497 e. The van der Waals surface area contributed by atoms with Gasteiger partial charge in [-0.2, -0.15) is 0 Å². The summed E-state index contributed by atoms with van der Waals surface area (Å²) in [6.45, 7) is 0.0537. The molecule has 2 amide bonds. The maximum Gasteiger partial charge on any atom is 0.407 e. The Hall–Kier alpha value is -5.31. The number of benzene rings is 4.